The van der Waals surface area contributed by atoms with E-state index in [1.807, 2.05) is 6.07 Å². The molecule has 4 rings (SSSR count). The largest absolute Gasteiger partial charge is 0.452 e. The number of nitrogens with zero attached hydrogens (tertiary/aromatic N) is 2. The molecule has 0 aliphatic rings. The lowest BCUT2D eigenvalue weighted by atomic mass is 10.1. The Balaban J connectivity index is 1.58. The van der Waals surface area contributed by atoms with Gasteiger partial charge in [-0.05, 0) is 65.3 Å². The zero-order valence-corrected chi connectivity index (χ0v) is 17.8. The first-order valence-corrected chi connectivity index (χ1v) is 9.96. The maximum atomic E-state index is 13.3. The summed E-state index contributed by atoms with van der Waals surface area (Å²) in [7, 11) is 0. The number of hydrogen-bond donors (Lipinski definition) is 1. The lowest BCUT2D eigenvalue weighted by Crippen LogP contribution is -2.21. The standard InChI is InChI=1S/C22H15BrFN3O4/c1-12-20-15(22(29)30-11-19(28)25-17-5-3-2-4-16(17)23)10-18(26-21(20)31-27-12)13-6-8-14(24)9-7-13/h2-10H,11H2,1H3,(H,25,28). The van der Waals surface area contributed by atoms with E-state index in [0.717, 1.165) is 0 Å². The third-order valence-electron chi connectivity index (χ3n) is 4.46. The first-order chi connectivity index (χ1) is 14.9. The molecule has 1 N–H and O–H groups in total. The Labute approximate surface area is 184 Å². The molecule has 31 heavy (non-hydrogen) atoms. The predicted octanol–water partition coefficient (Wildman–Crippen LogP) is 4.90. The van der Waals surface area contributed by atoms with Crippen molar-refractivity contribution in [3.8, 4) is 11.3 Å². The van der Waals surface area contributed by atoms with Gasteiger partial charge in [-0.15, -0.1) is 0 Å². The van der Waals surface area contributed by atoms with Crippen LogP contribution in [0.25, 0.3) is 22.4 Å². The van der Waals surface area contributed by atoms with Crippen molar-refractivity contribution in [3.63, 3.8) is 0 Å². The summed E-state index contributed by atoms with van der Waals surface area (Å²) in [4.78, 5) is 29.4. The van der Waals surface area contributed by atoms with Gasteiger partial charge in [0, 0.05) is 10.0 Å². The van der Waals surface area contributed by atoms with Gasteiger partial charge in [0.2, 0.25) is 0 Å². The number of anilines is 1. The number of aromatic nitrogens is 2. The quantitative estimate of drug-likeness (QED) is 0.406. The molecule has 0 fully saturated rings. The molecule has 2 heterocycles. The number of rotatable bonds is 5. The number of fused-ring (bicyclic) bond motifs is 1. The first kappa shape index (κ1) is 20.7. The van der Waals surface area contributed by atoms with E-state index in [9.17, 15) is 14.0 Å². The fraction of sp³-hybridized carbons (Fsp3) is 0.0909. The number of carbonyl (C=O) groups excluding carboxylic acids is 2. The molecule has 4 aromatic rings. The predicted molar refractivity (Wildman–Crippen MR) is 115 cm³/mol. The van der Waals surface area contributed by atoms with Crippen LogP contribution in [0.3, 0.4) is 0 Å². The molecule has 9 heteroatoms. The number of pyridine rings is 1. The van der Waals surface area contributed by atoms with E-state index < -0.39 is 24.3 Å². The number of carbonyl (C=O) groups is 2. The molecular formula is C22H15BrFN3O4. The average molecular weight is 484 g/mol. The van der Waals surface area contributed by atoms with Crippen LogP contribution in [0.4, 0.5) is 10.1 Å². The Kier molecular flexibility index (Phi) is 5.77. The zero-order valence-electron chi connectivity index (χ0n) is 16.2. The number of esters is 1. The van der Waals surface area contributed by atoms with Crippen LogP contribution >= 0.6 is 15.9 Å². The van der Waals surface area contributed by atoms with Gasteiger partial charge in [0.05, 0.1) is 28.0 Å². The first-order valence-electron chi connectivity index (χ1n) is 9.17. The van der Waals surface area contributed by atoms with Crippen molar-refractivity contribution in [1.82, 2.24) is 10.1 Å². The molecule has 7 nitrogen and oxygen atoms in total. The zero-order chi connectivity index (χ0) is 22.0. The molecule has 2 aromatic heterocycles. The Morgan fingerprint density at radius 3 is 2.65 bits per heavy atom. The van der Waals surface area contributed by atoms with E-state index >= 15 is 0 Å². The molecule has 0 radical (unpaired) electrons. The van der Waals surface area contributed by atoms with E-state index in [1.165, 1.54) is 30.3 Å². The van der Waals surface area contributed by atoms with Crippen molar-refractivity contribution in [2.24, 2.45) is 0 Å². The number of para-hydroxylation sites is 1. The van der Waals surface area contributed by atoms with Gasteiger partial charge >= 0.3 is 5.97 Å². The lowest BCUT2D eigenvalue weighted by molar-refractivity contribution is -0.119. The van der Waals surface area contributed by atoms with E-state index in [2.05, 4.69) is 31.4 Å². The molecule has 2 aromatic carbocycles. The Bertz CT molecular complexity index is 1290. The fourth-order valence-corrected chi connectivity index (χ4v) is 3.37. The number of ether oxygens (including phenoxy) is 1. The van der Waals surface area contributed by atoms with Gasteiger partial charge in [-0.3, -0.25) is 4.79 Å². The van der Waals surface area contributed by atoms with Crippen LogP contribution in [0, 0.1) is 12.7 Å². The second kappa shape index (κ2) is 8.65. The van der Waals surface area contributed by atoms with Gasteiger partial charge < -0.3 is 14.6 Å². The Morgan fingerprint density at radius 1 is 1.16 bits per heavy atom. The summed E-state index contributed by atoms with van der Waals surface area (Å²) in [5.41, 5.74) is 2.27. The molecule has 0 saturated carbocycles. The van der Waals surface area contributed by atoms with Crippen molar-refractivity contribution in [2.45, 2.75) is 6.92 Å². The van der Waals surface area contributed by atoms with Crippen molar-refractivity contribution >= 4 is 44.6 Å². The maximum Gasteiger partial charge on any atom is 0.339 e. The number of amides is 1. The molecule has 1 amide bonds. The highest BCUT2D eigenvalue weighted by atomic mass is 79.9. The summed E-state index contributed by atoms with van der Waals surface area (Å²) in [6.07, 6.45) is 0. The lowest BCUT2D eigenvalue weighted by Gasteiger charge is -2.09. The fourth-order valence-electron chi connectivity index (χ4n) is 2.98. The van der Waals surface area contributed by atoms with Crippen molar-refractivity contribution in [1.29, 1.82) is 0 Å². The van der Waals surface area contributed by atoms with E-state index in [0.29, 0.717) is 32.5 Å². The second-order valence-corrected chi connectivity index (χ2v) is 7.47. The van der Waals surface area contributed by atoms with Crippen LogP contribution in [0.2, 0.25) is 0 Å². The molecular weight excluding hydrogens is 469 g/mol. The maximum absolute atomic E-state index is 13.3. The molecule has 0 atom stereocenters. The second-order valence-electron chi connectivity index (χ2n) is 6.61. The summed E-state index contributed by atoms with van der Waals surface area (Å²) in [6.45, 7) is 1.18. The topological polar surface area (TPSA) is 94.3 Å². The van der Waals surface area contributed by atoms with Gasteiger partial charge in [0.15, 0.2) is 6.61 Å². The summed E-state index contributed by atoms with van der Waals surface area (Å²) >= 11 is 3.34. The SMILES string of the molecule is Cc1noc2nc(-c3ccc(F)cc3)cc(C(=O)OCC(=O)Nc3ccccc3Br)c12. The Morgan fingerprint density at radius 2 is 1.90 bits per heavy atom. The summed E-state index contributed by atoms with van der Waals surface area (Å²) in [5, 5.41) is 6.91. The van der Waals surface area contributed by atoms with E-state index in [4.69, 9.17) is 9.26 Å². The van der Waals surface area contributed by atoms with Crippen molar-refractivity contribution < 1.29 is 23.2 Å². The van der Waals surface area contributed by atoms with E-state index in [-0.39, 0.29) is 11.3 Å². The number of aryl methyl sites for hydroxylation is 1. The van der Waals surface area contributed by atoms with Gasteiger partial charge in [-0.1, -0.05) is 17.3 Å². The Hall–Kier alpha value is -3.59. The van der Waals surface area contributed by atoms with Crippen LogP contribution < -0.4 is 5.32 Å². The van der Waals surface area contributed by atoms with Crippen molar-refractivity contribution in [2.75, 3.05) is 11.9 Å². The van der Waals surface area contributed by atoms with Crippen LogP contribution in [0.15, 0.2) is 63.6 Å². The highest BCUT2D eigenvalue weighted by Crippen LogP contribution is 2.28. The normalized spacial score (nSPS) is 10.8. The minimum atomic E-state index is -0.732. The third kappa shape index (κ3) is 4.46. The third-order valence-corrected chi connectivity index (χ3v) is 5.15. The molecule has 0 aliphatic carbocycles. The monoisotopic (exact) mass is 483 g/mol. The number of hydrogen-bond acceptors (Lipinski definition) is 6. The van der Waals surface area contributed by atoms with Crippen LogP contribution in [0.1, 0.15) is 16.1 Å². The van der Waals surface area contributed by atoms with Crippen LogP contribution in [0.5, 0.6) is 0 Å². The average Bonchev–Trinajstić information content (AvgIpc) is 3.14. The number of benzene rings is 2. The molecule has 0 bridgehead atoms. The van der Waals surface area contributed by atoms with Crippen LogP contribution in [-0.4, -0.2) is 28.6 Å². The van der Waals surface area contributed by atoms with E-state index in [1.54, 1.807) is 25.1 Å². The van der Waals surface area contributed by atoms with Crippen LogP contribution in [-0.2, 0) is 9.53 Å². The summed E-state index contributed by atoms with van der Waals surface area (Å²) in [6, 6.07) is 14.2. The molecule has 0 spiro atoms. The number of halogens is 2. The van der Waals surface area contributed by atoms with Gasteiger partial charge in [0.1, 0.15) is 5.82 Å². The minimum absolute atomic E-state index is 0.143. The summed E-state index contributed by atoms with van der Waals surface area (Å²) in [5.74, 6) is -1.62. The number of nitrogens with one attached hydrogen (secondary N) is 1. The molecule has 0 saturated heterocycles. The smallest absolute Gasteiger partial charge is 0.339 e. The van der Waals surface area contributed by atoms with Gasteiger partial charge in [-0.25, -0.2) is 14.2 Å². The molecule has 0 unspecified atom stereocenters. The highest BCUT2D eigenvalue weighted by molar-refractivity contribution is 9.10. The molecule has 156 valence electrons. The van der Waals surface area contributed by atoms with Crippen molar-refractivity contribution in [3.05, 3.63) is 76.1 Å². The van der Waals surface area contributed by atoms with Gasteiger partial charge in [0.25, 0.3) is 11.6 Å². The summed E-state index contributed by atoms with van der Waals surface area (Å²) < 4.78 is 24.4. The highest BCUT2D eigenvalue weighted by Gasteiger charge is 2.21. The molecule has 0 aliphatic heterocycles. The van der Waals surface area contributed by atoms with Gasteiger partial charge in [-0.2, -0.15) is 0 Å². The minimum Gasteiger partial charge on any atom is -0.452 e.